The lowest BCUT2D eigenvalue weighted by atomic mass is 9.95. The SMILES string of the molecule is Cc1nc(C)c(C(=O)C2=C(O)C(=O)N(CCCn3ccnc3)C2c2ccccc2Cl)s1. The smallest absolute Gasteiger partial charge is 0.290 e. The molecule has 0 bridgehead atoms. The zero-order chi connectivity index (χ0) is 22.1. The second kappa shape index (κ2) is 8.64. The molecule has 3 heterocycles. The van der Waals surface area contributed by atoms with E-state index < -0.39 is 23.5 Å². The van der Waals surface area contributed by atoms with Crippen molar-refractivity contribution in [3.8, 4) is 0 Å². The third-order valence-electron chi connectivity index (χ3n) is 5.23. The third kappa shape index (κ3) is 4.00. The number of carbonyl (C=O) groups excluding carboxylic acids is 2. The third-order valence-corrected chi connectivity index (χ3v) is 6.65. The van der Waals surface area contributed by atoms with Crippen molar-refractivity contribution < 1.29 is 14.7 Å². The van der Waals surface area contributed by atoms with Crippen LogP contribution in [0, 0.1) is 13.8 Å². The number of halogens is 1. The van der Waals surface area contributed by atoms with E-state index in [9.17, 15) is 14.7 Å². The number of ketones is 1. The van der Waals surface area contributed by atoms with Crippen LogP contribution >= 0.6 is 22.9 Å². The predicted octanol–water partition coefficient (Wildman–Crippen LogP) is 4.28. The Morgan fingerprint density at radius 1 is 1.26 bits per heavy atom. The summed E-state index contributed by atoms with van der Waals surface area (Å²) < 4.78 is 1.91. The monoisotopic (exact) mass is 456 g/mol. The van der Waals surface area contributed by atoms with Crippen molar-refractivity contribution in [1.29, 1.82) is 0 Å². The lowest BCUT2D eigenvalue weighted by Crippen LogP contribution is -2.32. The Bertz CT molecular complexity index is 1170. The molecule has 1 atom stereocenters. The van der Waals surface area contributed by atoms with Gasteiger partial charge in [0.15, 0.2) is 5.76 Å². The molecule has 0 spiro atoms. The number of thiazole rings is 1. The van der Waals surface area contributed by atoms with E-state index in [4.69, 9.17) is 11.6 Å². The van der Waals surface area contributed by atoms with Gasteiger partial charge in [-0.1, -0.05) is 29.8 Å². The number of aromatic nitrogens is 3. The molecule has 3 aromatic rings. The van der Waals surface area contributed by atoms with Gasteiger partial charge < -0.3 is 14.6 Å². The Hall–Kier alpha value is -2.97. The molecule has 9 heteroatoms. The van der Waals surface area contributed by atoms with Crippen LogP contribution in [0.5, 0.6) is 0 Å². The molecule has 0 radical (unpaired) electrons. The van der Waals surface area contributed by atoms with Crippen molar-refractivity contribution in [2.75, 3.05) is 6.54 Å². The fraction of sp³-hybridized carbons (Fsp3) is 0.273. The summed E-state index contributed by atoms with van der Waals surface area (Å²) in [5.74, 6) is -1.49. The van der Waals surface area contributed by atoms with Crippen LogP contribution in [0.1, 0.15) is 38.4 Å². The number of rotatable bonds is 7. The summed E-state index contributed by atoms with van der Waals surface area (Å²) in [4.78, 5) is 36.8. The van der Waals surface area contributed by atoms with Gasteiger partial charge in [-0.25, -0.2) is 9.97 Å². The first-order valence-corrected chi connectivity index (χ1v) is 11.0. The van der Waals surface area contributed by atoms with Gasteiger partial charge in [0, 0.05) is 30.5 Å². The van der Waals surface area contributed by atoms with Crippen LogP contribution in [0.15, 0.2) is 54.3 Å². The average Bonchev–Trinajstić information content (AvgIpc) is 3.43. The number of Topliss-reactive ketones (excluding diaryl/α,β-unsaturated/α-hetero) is 1. The number of aliphatic hydroxyl groups is 1. The predicted molar refractivity (Wildman–Crippen MR) is 118 cm³/mol. The number of amides is 1. The summed E-state index contributed by atoms with van der Waals surface area (Å²) in [7, 11) is 0. The first-order valence-electron chi connectivity index (χ1n) is 9.81. The van der Waals surface area contributed by atoms with Crippen LogP contribution in [0.25, 0.3) is 0 Å². The second-order valence-corrected chi connectivity index (χ2v) is 8.93. The van der Waals surface area contributed by atoms with Crippen molar-refractivity contribution in [1.82, 2.24) is 19.4 Å². The molecular weight excluding hydrogens is 436 g/mol. The van der Waals surface area contributed by atoms with Crippen LogP contribution in [0.3, 0.4) is 0 Å². The molecule has 1 N–H and O–H groups in total. The summed E-state index contributed by atoms with van der Waals surface area (Å²) in [6.45, 7) is 4.56. The van der Waals surface area contributed by atoms with Crippen LogP contribution in [-0.4, -0.2) is 42.8 Å². The number of nitrogens with zero attached hydrogens (tertiary/aromatic N) is 4. The lowest BCUT2D eigenvalue weighted by molar-refractivity contribution is -0.129. The van der Waals surface area contributed by atoms with Crippen molar-refractivity contribution in [3.05, 3.63) is 80.5 Å². The van der Waals surface area contributed by atoms with E-state index in [2.05, 4.69) is 9.97 Å². The summed E-state index contributed by atoms with van der Waals surface area (Å²) >= 11 is 7.71. The van der Waals surface area contributed by atoms with Crippen LogP contribution in [0.2, 0.25) is 5.02 Å². The highest BCUT2D eigenvalue weighted by Crippen LogP contribution is 2.42. The number of hydrogen-bond acceptors (Lipinski definition) is 6. The molecule has 1 unspecified atom stereocenters. The summed E-state index contributed by atoms with van der Waals surface area (Å²) in [5, 5.41) is 11.9. The quantitative estimate of drug-likeness (QED) is 0.536. The number of benzene rings is 1. The maximum Gasteiger partial charge on any atom is 0.290 e. The van der Waals surface area contributed by atoms with Gasteiger partial charge in [-0.15, -0.1) is 11.3 Å². The van der Waals surface area contributed by atoms with Crippen LogP contribution < -0.4 is 0 Å². The molecule has 7 nitrogen and oxygen atoms in total. The number of aliphatic hydroxyl groups excluding tert-OH is 1. The van der Waals surface area contributed by atoms with E-state index in [1.165, 1.54) is 16.2 Å². The Labute approximate surface area is 188 Å². The van der Waals surface area contributed by atoms with Gasteiger partial charge >= 0.3 is 0 Å². The zero-order valence-electron chi connectivity index (χ0n) is 17.1. The zero-order valence-corrected chi connectivity index (χ0v) is 18.7. The topological polar surface area (TPSA) is 88.3 Å². The molecule has 0 aliphatic carbocycles. The molecule has 0 saturated carbocycles. The van der Waals surface area contributed by atoms with E-state index >= 15 is 0 Å². The molecule has 0 saturated heterocycles. The fourth-order valence-corrected chi connectivity index (χ4v) is 4.96. The molecule has 1 aliphatic rings. The van der Waals surface area contributed by atoms with Crippen molar-refractivity contribution in [3.63, 3.8) is 0 Å². The van der Waals surface area contributed by atoms with Gasteiger partial charge in [0.2, 0.25) is 5.78 Å². The van der Waals surface area contributed by atoms with Gasteiger partial charge in [0.1, 0.15) is 0 Å². The second-order valence-electron chi connectivity index (χ2n) is 7.32. The minimum absolute atomic E-state index is 0.0486. The van der Waals surface area contributed by atoms with Crippen molar-refractivity contribution in [2.45, 2.75) is 32.9 Å². The minimum Gasteiger partial charge on any atom is -0.503 e. The van der Waals surface area contributed by atoms with E-state index in [1.807, 2.05) is 17.7 Å². The Kier molecular flexibility index (Phi) is 5.93. The number of hydrogen-bond donors (Lipinski definition) is 1. The highest BCUT2D eigenvalue weighted by atomic mass is 35.5. The molecule has 2 aromatic heterocycles. The normalized spacial score (nSPS) is 16.4. The van der Waals surface area contributed by atoms with E-state index in [0.29, 0.717) is 40.7 Å². The number of aryl methyl sites for hydroxylation is 3. The van der Waals surface area contributed by atoms with Gasteiger partial charge in [-0.05, 0) is 31.9 Å². The molecule has 1 aliphatic heterocycles. The Balaban J connectivity index is 1.71. The van der Waals surface area contributed by atoms with E-state index in [1.54, 1.807) is 43.7 Å². The summed E-state index contributed by atoms with van der Waals surface area (Å²) in [5.41, 5.74) is 1.23. The molecule has 1 aromatic carbocycles. The van der Waals surface area contributed by atoms with Crippen molar-refractivity contribution in [2.24, 2.45) is 0 Å². The Morgan fingerprint density at radius 3 is 2.68 bits per heavy atom. The van der Waals surface area contributed by atoms with E-state index in [0.717, 1.165) is 5.01 Å². The maximum atomic E-state index is 13.5. The van der Waals surface area contributed by atoms with Crippen LogP contribution in [0.4, 0.5) is 0 Å². The maximum absolute atomic E-state index is 13.5. The Morgan fingerprint density at radius 2 is 2.03 bits per heavy atom. The number of imidazole rings is 1. The van der Waals surface area contributed by atoms with Gasteiger partial charge in [0.05, 0.1) is 33.5 Å². The molecule has 31 heavy (non-hydrogen) atoms. The van der Waals surface area contributed by atoms with E-state index in [-0.39, 0.29) is 5.57 Å². The summed E-state index contributed by atoms with van der Waals surface area (Å²) in [6, 6.07) is 6.31. The number of carbonyl (C=O) groups is 2. The molecule has 160 valence electrons. The van der Waals surface area contributed by atoms with Gasteiger partial charge in [0.25, 0.3) is 5.91 Å². The first-order chi connectivity index (χ1) is 14.9. The minimum atomic E-state index is -0.765. The molecule has 4 rings (SSSR count). The average molecular weight is 457 g/mol. The standard InChI is InChI=1S/C22H21ClN4O3S/c1-13-21(31-14(2)25-13)19(28)17-18(15-6-3-4-7-16(15)23)27(22(30)20(17)29)10-5-9-26-11-8-24-12-26/h3-4,6-8,11-12,18,29H,5,9-10H2,1-2H3. The molecule has 0 fully saturated rings. The van der Waals surface area contributed by atoms with Gasteiger partial charge in [-0.2, -0.15) is 0 Å². The lowest BCUT2D eigenvalue weighted by Gasteiger charge is -2.27. The molecular formula is C22H21ClN4O3S. The van der Waals surface area contributed by atoms with Crippen molar-refractivity contribution >= 4 is 34.6 Å². The fourth-order valence-electron chi connectivity index (χ4n) is 3.84. The first kappa shape index (κ1) is 21.3. The highest BCUT2D eigenvalue weighted by molar-refractivity contribution is 7.14. The molecule has 1 amide bonds. The van der Waals surface area contributed by atoms with Gasteiger partial charge in [-0.3, -0.25) is 9.59 Å². The highest BCUT2D eigenvalue weighted by Gasteiger charge is 2.44. The summed E-state index contributed by atoms with van der Waals surface area (Å²) in [6.07, 6.45) is 5.86. The largest absolute Gasteiger partial charge is 0.503 e. The van der Waals surface area contributed by atoms with Crippen LogP contribution in [-0.2, 0) is 11.3 Å².